The van der Waals surface area contributed by atoms with Gasteiger partial charge >= 0.3 is 0 Å². The smallest absolute Gasteiger partial charge is 0.260 e. The van der Waals surface area contributed by atoms with Crippen LogP contribution in [0, 0.1) is 0 Å². The van der Waals surface area contributed by atoms with Gasteiger partial charge in [0, 0.05) is 19.6 Å². The third-order valence-corrected chi connectivity index (χ3v) is 4.84. The molecule has 1 aliphatic rings. The summed E-state index contributed by atoms with van der Waals surface area (Å²) in [6.07, 6.45) is 2.07. The number of ether oxygens (including phenoxy) is 2. The van der Waals surface area contributed by atoms with Crippen molar-refractivity contribution in [2.75, 3.05) is 32.8 Å². The molecule has 6 heteroatoms. The van der Waals surface area contributed by atoms with Crippen molar-refractivity contribution in [3.8, 4) is 5.75 Å². The van der Waals surface area contributed by atoms with Gasteiger partial charge in [0.1, 0.15) is 11.5 Å². The van der Waals surface area contributed by atoms with E-state index in [1.807, 2.05) is 36.4 Å². The summed E-state index contributed by atoms with van der Waals surface area (Å²) in [7, 11) is 0. The van der Waals surface area contributed by atoms with Gasteiger partial charge in [-0.15, -0.1) is 0 Å². The summed E-state index contributed by atoms with van der Waals surface area (Å²) in [5.74, 6) is 1.41. The van der Waals surface area contributed by atoms with Gasteiger partial charge in [-0.3, -0.25) is 9.69 Å². The highest BCUT2D eigenvalue weighted by atomic mass is 16.5. The first-order valence-electron chi connectivity index (χ1n) is 9.56. The van der Waals surface area contributed by atoms with Crippen LogP contribution >= 0.6 is 0 Å². The van der Waals surface area contributed by atoms with E-state index < -0.39 is 6.10 Å². The Morgan fingerprint density at radius 3 is 2.59 bits per heavy atom. The molecular weight excluding hydrogens is 344 g/mol. The van der Waals surface area contributed by atoms with Crippen LogP contribution in [0.25, 0.3) is 0 Å². The molecule has 0 unspecified atom stereocenters. The van der Waals surface area contributed by atoms with Gasteiger partial charge < -0.3 is 19.2 Å². The van der Waals surface area contributed by atoms with Crippen molar-refractivity contribution in [1.82, 2.24) is 10.2 Å². The van der Waals surface area contributed by atoms with E-state index in [2.05, 4.69) is 17.1 Å². The molecular formula is C21H28N2O4. The van der Waals surface area contributed by atoms with Crippen LogP contribution in [0.4, 0.5) is 0 Å². The molecule has 1 aliphatic heterocycles. The van der Waals surface area contributed by atoms with Crippen molar-refractivity contribution in [3.63, 3.8) is 0 Å². The summed E-state index contributed by atoms with van der Waals surface area (Å²) < 4.78 is 16.8. The molecule has 0 aliphatic carbocycles. The Morgan fingerprint density at radius 1 is 1.22 bits per heavy atom. The molecule has 2 heterocycles. The number of carbonyl (C=O) groups is 1. The zero-order valence-electron chi connectivity index (χ0n) is 16.0. The third kappa shape index (κ3) is 5.34. The molecule has 0 spiro atoms. The number of aryl methyl sites for hydroxylation is 1. The largest absolute Gasteiger partial charge is 0.481 e. The molecule has 27 heavy (non-hydrogen) atoms. The van der Waals surface area contributed by atoms with Crippen LogP contribution in [0.3, 0.4) is 0 Å². The molecule has 3 rings (SSSR count). The molecule has 1 saturated heterocycles. The number of furan rings is 1. The van der Waals surface area contributed by atoms with Gasteiger partial charge in [-0.25, -0.2) is 0 Å². The van der Waals surface area contributed by atoms with Gasteiger partial charge in [0.15, 0.2) is 6.10 Å². The lowest BCUT2D eigenvalue weighted by molar-refractivity contribution is -0.127. The fourth-order valence-electron chi connectivity index (χ4n) is 3.18. The Morgan fingerprint density at radius 2 is 1.96 bits per heavy atom. The van der Waals surface area contributed by atoms with Gasteiger partial charge in [0.2, 0.25) is 0 Å². The number of nitrogens with zero attached hydrogens (tertiary/aromatic N) is 1. The number of morpholine rings is 1. The highest BCUT2D eigenvalue weighted by Gasteiger charge is 2.26. The molecule has 1 amide bonds. The lowest BCUT2D eigenvalue weighted by atomic mass is 10.1. The van der Waals surface area contributed by atoms with Crippen molar-refractivity contribution in [3.05, 3.63) is 54.0 Å². The van der Waals surface area contributed by atoms with E-state index in [-0.39, 0.29) is 11.9 Å². The van der Waals surface area contributed by atoms with E-state index in [0.29, 0.717) is 25.5 Å². The maximum atomic E-state index is 12.5. The Bertz CT molecular complexity index is 693. The van der Waals surface area contributed by atoms with E-state index in [9.17, 15) is 4.79 Å². The highest BCUT2D eigenvalue weighted by molar-refractivity contribution is 5.80. The van der Waals surface area contributed by atoms with E-state index in [4.69, 9.17) is 13.9 Å². The molecule has 1 N–H and O–H groups in total. The molecule has 0 radical (unpaired) electrons. The standard InChI is InChI=1S/C21H28N2O4/c1-3-17-6-8-18(9-7-17)27-16(2)21(24)22-15-19(20-5-4-12-26-20)23-10-13-25-14-11-23/h4-9,12,16,19H,3,10-11,13-15H2,1-2H3,(H,22,24)/t16-,19-/m0/s1. The number of carbonyl (C=O) groups excluding carboxylic acids is 1. The minimum atomic E-state index is -0.570. The minimum absolute atomic E-state index is 0.0103. The van der Waals surface area contributed by atoms with Gasteiger partial charge in [-0.2, -0.15) is 0 Å². The minimum Gasteiger partial charge on any atom is -0.481 e. The second-order valence-corrected chi connectivity index (χ2v) is 6.68. The Labute approximate surface area is 160 Å². The predicted octanol–water partition coefficient (Wildman–Crippen LogP) is 2.80. The Hall–Kier alpha value is -2.31. The maximum Gasteiger partial charge on any atom is 0.260 e. The molecule has 2 aromatic rings. The first-order valence-corrected chi connectivity index (χ1v) is 9.56. The van der Waals surface area contributed by atoms with E-state index >= 15 is 0 Å². The number of benzene rings is 1. The van der Waals surface area contributed by atoms with Gasteiger partial charge in [-0.1, -0.05) is 19.1 Å². The van der Waals surface area contributed by atoms with Crippen LogP contribution < -0.4 is 10.1 Å². The molecule has 1 aromatic heterocycles. The number of hydrogen-bond donors (Lipinski definition) is 1. The van der Waals surface area contributed by atoms with Crippen LogP contribution in [0.2, 0.25) is 0 Å². The van der Waals surface area contributed by atoms with Gasteiger partial charge in [0.05, 0.1) is 25.5 Å². The van der Waals surface area contributed by atoms with Crippen LogP contribution in [0.5, 0.6) is 5.75 Å². The average molecular weight is 372 g/mol. The van der Waals surface area contributed by atoms with Crippen molar-refractivity contribution in [1.29, 1.82) is 0 Å². The van der Waals surface area contributed by atoms with Crippen molar-refractivity contribution in [2.24, 2.45) is 0 Å². The van der Waals surface area contributed by atoms with Gasteiger partial charge in [0.25, 0.3) is 5.91 Å². The Kier molecular flexibility index (Phi) is 6.90. The number of nitrogens with one attached hydrogen (secondary N) is 1. The molecule has 0 saturated carbocycles. The molecule has 1 fully saturated rings. The van der Waals surface area contributed by atoms with Crippen molar-refractivity contribution >= 4 is 5.91 Å². The van der Waals surface area contributed by atoms with Crippen LogP contribution in [0.1, 0.15) is 31.2 Å². The summed E-state index contributed by atoms with van der Waals surface area (Å²) in [5.41, 5.74) is 1.24. The lowest BCUT2D eigenvalue weighted by Gasteiger charge is -2.33. The van der Waals surface area contributed by atoms with Crippen LogP contribution in [-0.2, 0) is 16.0 Å². The molecule has 6 nitrogen and oxygen atoms in total. The van der Waals surface area contributed by atoms with Gasteiger partial charge in [-0.05, 0) is 43.2 Å². The molecule has 0 bridgehead atoms. The monoisotopic (exact) mass is 372 g/mol. The Balaban J connectivity index is 1.56. The van der Waals surface area contributed by atoms with E-state index in [0.717, 1.165) is 25.3 Å². The average Bonchev–Trinajstić information content (AvgIpc) is 3.24. The van der Waals surface area contributed by atoms with Crippen molar-refractivity contribution < 1.29 is 18.7 Å². The fraction of sp³-hybridized carbons (Fsp3) is 0.476. The number of amides is 1. The third-order valence-electron chi connectivity index (χ3n) is 4.84. The topological polar surface area (TPSA) is 63.9 Å². The SMILES string of the molecule is CCc1ccc(O[C@@H](C)C(=O)NC[C@@H](c2ccco2)N2CCOCC2)cc1. The number of rotatable bonds is 8. The second kappa shape index (κ2) is 9.58. The van der Waals surface area contributed by atoms with Crippen LogP contribution in [0.15, 0.2) is 47.1 Å². The molecule has 146 valence electrons. The first kappa shape index (κ1) is 19.5. The summed E-state index contributed by atoms with van der Waals surface area (Å²) >= 11 is 0. The zero-order valence-corrected chi connectivity index (χ0v) is 16.0. The lowest BCUT2D eigenvalue weighted by Crippen LogP contribution is -2.45. The summed E-state index contributed by atoms with van der Waals surface area (Å²) in [6, 6.07) is 11.7. The second-order valence-electron chi connectivity index (χ2n) is 6.68. The summed E-state index contributed by atoms with van der Waals surface area (Å²) in [6.45, 7) is 7.36. The quantitative estimate of drug-likeness (QED) is 0.772. The summed E-state index contributed by atoms with van der Waals surface area (Å²) in [4.78, 5) is 14.8. The fourth-order valence-corrected chi connectivity index (χ4v) is 3.18. The first-order chi connectivity index (χ1) is 13.2. The molecule has 2 atom stereocenters. The normalized spacial score (nSPS) is 17.3. The predicted molar refractivity (Wildman–Crippen MR) is 103 cm³/mol. The maximum absolute atomic E-state index is 12.5. The summed E-state index contributed by atoms with van der Waals surface area (Å²) in [5, 5.41) is 3.00. The zero-order chi connectivity index (χ0) is 19.1. The molecule has 1 aromatic carbocycles. The van der Waals surface area contributed by atoms with E-state index in [1.54, 1.807) is 13.2 Å². The highest BCUT2D eigenvalue weighted by Crippen LogP contribution is 2.22. The van der Waals surface area contributed by atoms with Crippen molar-refractivity contribution in [2.45, 2.75) is 32.4 Å². The number of hydrogen-bond acceptors (Lipinski definition) is 5. The van der Waals surface area contributed by atoms with Crippen LogP contribution in [-0.4, -0.2) is 49.8 Å². The van der Waals surface area contributed by atoms with E-state index in [1.165, 1.54) is 5.56 Å².